The number of hydrogen-bond acceptors (Lipinski definition) is 4. The zero-order valence-corrected chi connectivity index (χ0v) is 10.1. The molecule has 0 radical (unpaired) electrons. The Bertz CT molecular complexity index is 511. The molecule has 6 heteroatoms. The SMILES string of the molecule is O=C(NCC(O)c1ccc(Cl)cc1)c1ccon1. The Hall–Kier alpha value is -1.85. The van der Waals surface area contributed by atoms with Gasteiger partial charge in [-0.25, -0.2) is 0 Å². The molecule has 1 aromatic carbocycles. The van der Waals surface area contributed by atoms with Crippen LogP contribution in [0.15, 0.2) is 41.1 Å². The van der Waals surface area contributed by atoms with Gasteiger partial charge in [-0.2, -0.15) is 0 Å². The number of rotatable bonds is 4. The molecule has 0 saturated carbocycles. The molecular weight excluding hydrogens is 256 g/mol. The molecular formula is C12H11ClN2O3. The molecule has 0 spiro atoms. The second kappa shape index (κ2) is 5.66. The number of halogens is 1. The molecule has 0 aliphatic rings. The van der Waals surface area contributed by atoms with E-state index in [1.54, 1.807) is 24.3 Å². The van der Waals surface area contributed by atoms with Gasteiger partial charge >= 0.3 is 0 Å². The van der Waals surface area contributed by atoms with Crippen molar-refractivity contribution >= 4 is 17.5 Å². The zero-order valence-electron chi connectivity index (χ0n) is 9.34. The monoisotopic (exact) mass is 266 g/mol. The first kappa shape index (κ1) is 12.6. The number of aliphatic hydroxyl groups excluding tert-OH is 1. The fraction of sp³-hybridized carbons (Fsp3) is 0.167. The van der Waals surface area contributed by atoms with Crippen LogP contribution in [-0.4, -0.2) is 22.7 Å². The summed E-state index contributed by atoms with van der Waals surface area (Å²) in [6.45, 7) is 0.0906. The van der Waals surface area contributed by atoms with Gasteiger partial charge in [0, 0.05) is 17.6 Å². The van der Waals surface area contributed by atoms with Crippen LogP contribution >= 0.6 is 11.6 Å². The third-order valence-corrected chi connectivity index (χ3v) is 2.63. The zero-order chi connectivity index (χ0) is 13.0. The standard InChI is InChI=1S/C12H11ClN2O3/c13-9-3-1-8(2-4-9)11(16)7-14-12(17)10-5-6-18-15-10/h1-6,11,16H,7H2,(H,14,17). The highest BCUT2D eigenvalue weighted by atomic mass is 35.5. The Kier molecular flexibility index (Phi) is 3.96. The molecule has 0 saturated heterocycles. The first-order valence-electron chi connectivity index (χ1n) is 5.29. The van der Waals surface area contributed by atoms with Crippen molar-refractivity contribution < 1.29 is 14.4 Å². The van der Waals surface area contributed by atoms with Crippen LogP contribution in [0, 0.1) is 0 Å². The summed E-state index contributed by atoms with van der Waals surface area (Å²) in [7, 11) is 0. The molecule has 0 aliphatic heterocycles. The molecule has 2 N–H and O–H groups in total. The Labute approximate surface area is 108 Å². The summed E-state index contributed by atoms with van der Waals surface area (Å²) in [6.07, 6.45) is 0.517. The van der Waals surface area contributed by atoms with Crippen molar-refractivity contribution in [2.45, 2.75) is 6.10 Å². The quantitative estimate of drug-likeness (QED) is 0.885. The number of nitrogens with zero attached hydrogens (tertiary/aromatic N) is 1. The van der Waals surface area contributed by atoms with Crippen LogP contribution in [0.25, 0.3) is 0 Å². The minimum Gasteiger partial charge on any atom is -0.387 e. The van der Waals surface area contributed by atoms with Gasteiger partial charge in [0.15, 0.2) is 5.69 Å². The molecule has 2 aromatic rings. The van der Waals surface area contributed by atoms with E-state index in [1.165, 1.54) is 12.3 Å². The highest BCUT2D eigenvalue weighted by molar-refractivity contribution is 6.30. The third-order valence-electron chi connectivity index (χ3n) is 2.38. The van der Waals surface area contributed by atoms with E-state index < -0.39 is 12.0 Å². The van der Waals surface area contributed by atoms with Crippen LogP contribution in [-0.2, 0) is 0 Å². The number of benzene rings is 1. The van der Waals surface area contributed by atoms with Gasteiger partial charge < -0.3 is 14.9 Å². The van der Waals surface area contributed by atoms with Gasteiger partial charge in [0.2, 0.25) is 0 Å². The first-order chi connectivity index (χ1) is 8.66. The van der Waals surface area contributed by atoms with Crippen LogP contribution < -0.4 is 5.32 Å². The van der Waals surface area contributed by atoms with Crippen LogP contribution in [0.3, 0.4) is 0 Å². The minimum atomic E-state index is -0.793. The van der Waals surface area contributed by atoms with E-state index in [-0.39, 0.29) is 12.2 Å². The third kappa shape index (κ3) is 3.09. The first-order valence-corrected chi connectivity index (χ1v) is 5.67. The summed E-state index contributed by atoms with van der Waals surface area (Å²) >= 11 is 5.74. The van der Waals surface area contributed by atoms with E-state index >= 15 is 0 Å². The second-order valence-electron chi connectivity index (χ2n) is 3.66. The summed E-state index contributed by atoms with van der Waals surface area (Å²) in [5.41, 5.74) is 0.859. The lowest BCUT2D eigenvalue weighted by molar-refractivity contribution is 0.0907. The van der Waals surface area contributed by atoms with Gasteiger partial charge in [0.25, 0.3) is 5.91 Å². The van der Waals surface area contributed by atoms with E-state index in [1.807, 2.05) is 0 Å². The van der Waals surface area contributed by atoms with Gasteiger partial charge in [-0.15, -0.1) is 0 Å². The van der Waals surface area contributed by atoms with Crippen LogP contribution in [0.1, 0.15) is 22.2 Å². The number of carbonyl (C=O) groups excluding carboxylic acids is 1. The number of aliphatic hydroxyl groups is 1. The van der Waals surface area contributed by atoms with Crippen molar-refractivity contribution in [3.05, 3.63) is 52.9 Å². The average Bonchev–Trinajstić information content (AvgIpc) is 2.90. The lowest BCUT2D eigenvalue weighted by Gasteiger charge is -2.11. The molecule has 0 fully saturated rings. The molecule has 0 aliphatic carbocycles. The van der Waals surface area contributed by atoms with E-state index in [0.717, 1.165) is 0 Å². The smallest absolute Gasteiger partial charge is 0.273 e. The van der Waals surface area contributed by atoms with Gasteiger partial charge in [-0.05, 0) is 17.7 Å². The molecule has 2 rings (SSSR count). The fourth-order valence-corrected chi connectivity index (χ4v) is 1.54. The van der Waals surface area contributed by atoms with Crippen molar-refractivity contribution in [2.24, 2.45) is 0 Å². The molecule has 5 nitrogen and oxygen atoms in total. The normalized spacial score (nSPS) is 12.1. The van der Waals surface area contributed by atoms with E-state index in [0.29, 0.717) is 10.6 Å². The van der Waals surface area contributed by atoms with Gasteiger partial charge in [0.05, 0.1) is 6.10 Å². The van der Waals surface area contributed by atoms with Gasteiger partial charge in [-0.3, -0.25) is 4.79 Å². The Morgan fingerprint density at radius 2 is 2.11 bits per heavy atom. The molecule has 1 amide bonds. The van der Waals surface area contributed by atoms with E-state index in [9.17, 15) is 9.90 Å². The molecule has 1 atom stereocenters. The topological polar surface area (TPSA) is 75.4 Å². The molecule has 18 heavy (non-hydrogen) atoms. The number of aromatic nitrogens is 1. The van der Waals surface area contributed by atoms with Crippen LogP contribution in [0.5, 0.6) is 0 Å². The predicted octanol–water partition coefficient (Wildman–Crippen LogP) is 1.79. The van der Waals surface area contributed by atoms with Crippen LogP contribution in [0.4, 0.5) is 0 Å². The summed E-state index contributed by atoms with van der Waals surface area (Å²) in [4.78, 5) is 11.5. The number of nitrogens with one attached hydrogen (secondary N) is 1. The molecule has 94 valence electrons. The van der Waals surface area contributed by atoms with Crippen molar-refractivity contribution in [1.29, 1.82) is 0 Å². The molecule has 1 unspecified atom stereocenters. The number of hydrogen-bond donors (Lipinski definition) is 2. The highest BCUT2D eigenvalue weighted by Gasteiger charge is 2.12. The summed E-state index contributed by atoms with van der Waals surface area (Å²) in [6, 6.07) is 8.22. The Morgan fingerprint density at radius 1 is 1.39 bits per heavy atom. The van der Waals surface area contributed by atoms with E-state index in [2.05, 4.69) is 15.0 Å². The minimum absolute atomic E-state index is 0.0906. The Balaban J connectivity index is 1.90. The average molecular weight is 267 g/mol. The Morgan fingerprint density at radius 3 is 2.72 bits per heavy atom. The largest absolute Gasteiger partial charge is 0.387 e. The molecule has 0 bridgehead atoms. The fourth-order valence-electron chi connectivity index (χ4n) is 1.41. The molecule has 1 aromatic heterocycles. The maximum absolute atomic E-state index is 11.5. The highest BCUT2D eigenvalue weighted by Crippen LogP contribution is 2.15. The van der Waals surface area contributed by atoms with Crippen LogP contribution in [0.2, 0.25) is 5.02 Å². The maximum atomic E-state index is 11.5. The van der Waals surface area contributed by atoms with Crippen molar-refractivity contribution in [3.63, 3.8) is 0 Å². The van der Waals surface area contributed by atoms with Crippen molar-refractivity contribution in [1.82, 2.24) is 10.5 Å². The lowest BCUT2D eigenvalue weighted by atomic mass is 10.1. The van der Waals surface area contributed by atoms with Gasteiger partial charge in [-0.1, -0.05) is 28.9 Å². The maximum Gasteiger partial charge on any atom is 0.273 e. The predicted molar refractivity (Wildman–Crippen MR) is 65.2 cm³/mol. The van der Waals surface area contributed by atoms with Gasteiger partial charge in [0.1, 0.15) is 6.26 Å². The van der Waals surface area contributed by atoms with E-state index in [4.69, 9.17) is 11.6 Å². The lowest BCUT2D eigenvalue weighted by Crippen LogP contribution is -2.28. The summed E-state index contributed by atoms with van der Waals surface area (Å²) < 4.78 is 4.55. The van der Waals surface area contributed by atoms with Crippen molar-refractivity contribution in [2.75, 3.05) is 6.54 Å². The summed E-state index contributed by atoms with van der Waals surface area (Å²) in [5, 5.41) is 16.5. The summed E-state index contributed by atoms with van der Waals surface area (Å²) in [5.74, 6) is -0.392. The van der Waals surface area contributed by atoms with Crippen molar-refractivity contribution in [3.8, 4) is 0 Å². The second-order valence-corrected chi connectivity index (χ2v) is 4.10. The number of carbonyl (C=O) groups is 1. The number of amides is 1. The molecule has 1 heterocycles.